The lowest BCUT2D eigenvalue weighted by molar-refractivity contribution is -0.880. The topological polar surface area (TPSA) is 83.1 Å². The van der Waals surface area contributed by atoms with Crippen LogP contribution in [0, 0.1) is 10.1 Å². The van der Waals surface area contributed by atoms with Gasteiger partial charge in [-0.05, 0) is 19.1 Å². The minimum absolute atomic E-state index is 0.0409. The zero-order valence-corrected chi connectivity index (χ0v) is 12.5. The van der Waals surface area contributed by atoms with E-state index in [1.165, 1.54) is 11.0 Å². The molecular formula is C14H23N4O3+. The molecule has 0 spiro atoms. The Kier molecular flexibility index (Phi) is 4.98. The van der Waals surface area contributed by atoms with Crippen LogP contribution in [0.15, 0.2) is 18.2 Å². The average Bonchev–Trinajstić information content (AvgIpc) is 2.45. The van der Waals surface area contributed by atoms with Crippen molar-refractivity contribution in [2.75, 3.05) is 50.0 Å². The van der Waals surface area contributed by atoms with Gasteiger partial charge in [-0.25, -0.2) is 0 Å². The average molecular weight is 295 g/mol. The van der Waals surface area contributed by atoms with E-state index in [0.717, 1.165) is 31.9 Å². The van der Waals surface area contributed by atoms with Crippen molar-refractivity contribution >= 4 is 17.1 Å². The number of hydrogen-bond acceptors (Lipinski definition) is 5. The Bertz CT molecular complexity index is 499. The van der Waals surface area contributed by atoms with Gasteiger partial charge in [-0.2, -0.15) is 0 Å². The lowest BCUT2D eigenvalue weighted by atomic mass is 10.2. The second kappa shape index (κ2) is 6.73. The molecule has 1 aromatic rings. The van der Waals surface area contributed by atoms with Crippen LogP contribution in [0.5, 0.6) is 0 Å². The van der Waals surface area contributed by atoms with E-state index in [1.807, 2.05) is 0 Å². The summed E-state index contributed by atoms with van der Waals surface area (Å²) in [4.78, 5) is 14.4. The van der Waals surface area contributed by atoms with Gasteiger partial charge in [0.1, 0.15) is 5.69 Å². The number of nitro groups is 1. The van der Waals surface area contributed by atoms with Crippen LogP contribution in [0.1, 0.15) is 6.92 Å². The van der Waals surface area contributed by atoms with Gasteiger partial charge in [0.2, 0.25) is 0 Å². The number of quaternary nitrogens is 1. The minimum Gasteiger partial charge on any atom is -0.392 e. The summed E-state index contributed by atoms with van der Waals surface area (Å²) in [5.41, 5.74) is 1.49. The molecule has 0 saturated carbocycles. The van der Waals surface area contributed by atoms with Crippen molar-refractivity contribution in [3.05, 3.63) is 28.3 Å². The van der Waals surface area contributed by atoms with Gasteiger partial charge in [-0.3, -0.25) is 10.1 Å². The third kappa shape index (κ3) is 4.05. The monoisotopic (exact) mass is 295 g/mol. The van der Waals surface area contributed by atoms with Crippen LogP contribution in [-0.2, 0) is 0 Å². The molecule has 7 nitrogen and oxygen atoms in total. The van der Waals surface area contributed by atoms with Crippen molar-refractivity contribution in [3.8, 4) is 0 Å². The number of anilines is 2. The van der Waals surface area contributed by atoms with E-state index in [-0.39, 0.29) is 12.2 Å². The highest BCUT2D eigenvalue weighted by molar-refractivity contribution is 5.69. The van der Waals surface area contributed by atoms with Crippen molar-refractivity contribution in [2.45, 2.75) is 13.0 Å². The van der Waals surface area contributed by atoms with Crippen LogP contribution in [0.2, 0.25) is 0 Å². The Morgan fingerprint density at radius 2 is 2.14 bits per heavy atom. The van der Waals surface area contributed by atoms with Crippen LogP contribution >= 0.6 is 0 Å². The van der Waals surface area contributed by atoms with Crippen LogP contribution in [0.3, 0.4) is 0 Å². The van der Waals surface area contributed by atoms with Crippen molar-refractivity contribution in [1.82, 2.24) is 0 Å². The molecule has 3 N–H and O–H groups in total. The third-order valence-corrected chi connectivity index (χ3v) is 3.75. The van der Waals surface area contributed by atoms with Gasteiger partial charge in [0, 0.05) is 18.3 Å². The molecule has 1 aliphatic heterocycles. The van der Waals surface area contributed by atoms with Crippen LogP contribution < -0.4 is 15.1 Å². The highest BCUT2D eigenvalue weighted by atomic mass is 16.6. The lowest BCUT2D eigenvalue weighted by Gasteiger charge is -2.32. The predicted molar refractivity (Wildman–Crippen MR) is 82.1 cm³/mol. The first kappa shape index (κ1) is 15.5. The number of nitrogens with zero attached hydrogens (tertiary/aromatic N) is 2. The number of benzene rings is 1. The summed E-state index contributed by atoms with van der Waals surface area (Å²) < 4.78 is 0. The highest BCUT2D eigenvalue weighted by Gasteiger charge is 2.20. The normalized spacial score (nSPS) is 17.6. The van der Waals surface area contributed by atoms with Gasteiger partial charge >= 0.3 is 0 Å². The van der Waals surface area contributed by atoms with Gasteiger partial charge < -0.3 is 20.2 Å². The summed E-state index contributed by atoms with van der Waals surface area (Å²) in [6.07, 6.45) is -0.555. The number of likely N-dealkylation sites (N-methyl/N-ethyl adjacent to an activating group) is 1. The maximum Gasteiger partial charge on any atom is 0.292 e. The van der Waals surface area contributed by atoms with Gasteiger partial charge in [0.25, 0.3) is 5.69 Å². The fourth-order valence-corrected chi connectivity index (χ4v) is 2.43. The molecule has 0 aliphatic carbocycles. The molecule has 1 fully saturated rings. The number of nitrogens with one attached hydrogen (secondary N) is 2. The van der Waals surface area contributed by atoms with Crippen molar-refractivity contribution in [3.63, 3.8) is 0 Å². The van der Waals surface area contributed by atoms with Crippen LogP contribution in [0.25, 0.3) is 0 Å². The zero-order valence-electron chi connectivity index (χ0n) is 12.5. The van der Waals surface area contributed by atoms with Crippen molar-refractivity contribution < 1.29 is 14.9 Å². The summed E-state index contributed by atoms with van der Waals surface area (Å²) >= 11 is 0. The maximum atomic E-state index is 11.1. The molecule has 1 aromatic carbocycles. The molecule has 1 heterocycles. The summed E-state index contributed by atoms with van der Waals surface area (Å²) in [6.45, 7) is 5.95. The molecule has 1 saturated heterocycles. The van der Waals surface area contributed by atoms with E-state index >= 15 is 0 Å². The maximum absolute atomic E-state index is 11.1. The summed E-state index contributed by atoms with van der Waals surface area (Å²) in [5.74, 6) is 0. The SMILES string of the molecule is C[C@@H](O)CNc1cc(N2CC[NH+](C)CC2)ccc1[N+](=O)[O-]. The number of piperazine rings is 1. The molecule has 0 bridgehead atoms. The Morgan fingerprint density at radius 1 is 1.48 bits per heavy atom. The van der Waals surface area contributed by atoms with Gasteiger partial charge in [-0.15, -0.1) is 0 Å². The smallest absolute Gasteiger partial charge is 0.292 e. The van der Waals surface area contributed by atoms with Gasteiger partial charge in [-0.1, -0.05) is 0 Å². The first-order valence-electron chi connectivity index (χ1n) is 7.24. The molecule has 0 aromatic heterocycles. The van der Waals surface area contributed by atoms with E-state index in [0.29, 0.717) is 5.69 Å². The van der Waals surface area contributed by atoms with E-state index in [2.05, 4.69) is 17.3 Å². The number of nitro benzene ring substituents is 1. The van der Waals surface area contributed by atoms with E-state index in [4.69, 9.17) is 0 Å². The van der Waals surface area contributed by atoms with Crippen LogP contribution in [0.4, 0.5) is 17.1 Å². The molecule has 7 heteroatoms. The number of aliphatic hydroxyl groups is 1. The zero-order chi connectivity index (χ0) is 15.4. The summed E-state index contributed by atoms with van der Waals surface area (Å²) in [6, 6.07) is 5.14. The second-order valence-corrected chi connectivity index (χ2v) is 5.63. The Hall–Kier alpha value is -1.86. The molecule has 0 radical (unpaired) electrons. The van der Waals surface area contributed by atoms with E-state index in [9.17, 15) is 15.2 Å². The quantitative estimate of drug-likeness (QED) is 0.514. The molecule has 21 heavy (non-hydrogen) atoms. The molecular weight excluding hydrogens is 272 g/mol. The fraction of sp³-hybridized carbons (Fsp3) is 0.571. The standard InChI is InChI=1S/C14H22N4O3/c1-11(19)10-15-13-9-12(3-4-14(13)18(20)21)17-7-5-16(2)6-8-17/h3-4,9,11,15,19H,5-8,10H2,1-2H3/p+1/t11-/m1/s1. The third-order valence-electron chi connectivity index (χ3n) is 3.75. The summed E-state index contributed by atoms with van der Waals surface area (Å²) in [7, 11) is 2.17. The predicted octanol–water partition coefficient (Wildman–Crippen LogP) is -0.278. The van der Waals surface area contributed by atoms with Crippen molar-refractivity contribution in [1.29, 1.82) is 0 Å². The Labute approximate surface area is 124 Å². The molecule has 116 valence electrons. The largest absolute Gasteiger partial charge is 0.392 e. The Morgan fingerprint density at radius 3 is 2.71 bits per heavy atom. The van der Waals surface area contributed by atoms with E-state index < -0.39 is 11.0 Å². The number of hydrogen-bond donors (Lipinski definition) is 3. The molecule has 1 atom stereocenters. The van der Waals surface area contributed by atoms with E-state index in [1.54, 1.807) is 19.1 Å². The molecule has 0 amide bonds. The van der Waals surface area contributed by atoms with Gasteiger partial charge in [0.05, 0.1) is 44.3 Å². The number of rotatable bonds is 5. The summed E-state index contributed by atoms with van der Waals surface area (Å²) in [5, 5.41) is 23.4. The number of aliphatic hydroxyl groups excluding tert-OH is 1. The first-order chi connectivity index (χ1) is 9.97. The minimum atomic E-state index is -0.555. The van der Waals surface area contributed by atoms with Gasteiger partial charge in [0.15, 0.2) is 0 Å². The van der Waals surface area contributed by atoms with Crippen molar-refractivity contribution in [2.24, 2.45) is 0 Å². The highest BCUT2D eigenvalue weighted by Crippen LogP contribution is 2.29. The lowest BCUT2D eigenvalue weighted by Crippen LogP contribution is -3.12. The molecule has 1 aliphatic rings. The molecule has 0 unspecified atom stereocenters. The first-order valence-corrected chi connectivity index (χ1v) is 7.24. The molecule has 2 rings (SSSR count). The Balaban J connectivity index is 2.19. The van der Waals surface area contributed by atoms with Crippen LogP contribution in [-0.4, -0.2) is 55.9 Å². The fourth-order valence-electron chi connectivity index (χ4n) is 2.43. The second-order valence-electron chi connectivity index (χ2n) is 5.63.